The van der Waals surface area contributed by atoms with Crippen molar-refractivity contribution in [1.82, 2.24) is 5.32 Å². The second kappa shape index (κ2) is 6.29. The Morgan fingerprint density at radius 3 is 2.58 bits per heavy atom. The van der Waals surface area contributed by atoms with Crippen molar-refractivity contribution in [3.8, 4) is 5.75 Å². The van der Waals surface area contributed by atoms with Crippen LogP contribution in [0.2, 0.25) is 0 Å². The highest BCUT2D eigenvalue weighted by molar-refractivity contribution is 6.35. The largest absolute Gasteiger partial charge is 0.492 e. The van der Waals surface area contributed by atoms with Gasteiger partial charge in [0.25, 0.3) is 17.7 Å². The van der Waals surface area contributed by atoms with E-state index in [0.717, 1.165) is 17.7 Å². The van der Waals surface area contributed by atoms with Gasteiger partial charge in [-0.2, -0.15) is 0 Å². The number of carbonyl (C=O) groups excluding carboxylic acids is 3. The number of nitrogens with zero attached hydrogens (tertiary/aromatic N) is 1. The molecule has 1 aliphatic heterocycles. The highest BCUT2D eigenvalue weighted by atomic mass is 16.5. The molecule has 2 aromatic rings. The zero-order valence-corrected chi connectivity index (χ0v) is 14.3. The van der Waals surface area contributed by atoms with E-state index in [1.807, 2.05) is 6.92 Å². The summed E-state index contributed by atoms with van der Waals surface area (Å²) in [7, 11) is 0. The van der Waals surface area contributed by atoms with Gasteiger partial charge < -0.3 is 10.1 Å². The number of ether oxygens (including phenoxy) is 1. The molecule has 1 N–H and O–H groups in total. The predicted octanol–water partition coefficient (Wildman–Crippen LogP) is 2.78. The lowest BCUT2D eigenvalue weighted by Crippen LogP contribution is -2.29. The van der Waals surface area contributed by atoms with Crippen LogP contribution in [0.15, 0.2) is 42.5 Å². The van der Waals surface area contributed by atoms with Crippen molar-refractivity contribution in [3.05, 3.63) is 59.2 Å². The van der Waals surface area contributed by atoms with Crippen LogP contribution in [0.4, 0.5) is 5.69 Å². The molecule has 0 unspecified atom stereocenters. The average Bonchev–Trinajstić information content (AvgIpc) is 3.42. The van der Waals surface area contributed by atoms with Crippen LogP contribution in [0.3, 0.4) is 0 Å². The maximum absolute atomic E-state index is 12.9. The Hall–Kier alpha value is -3.15. The van der Waals surface area contributed by atoms with Crippen molar-refractivity contribution in [2.24, 2.45) is 0 Å². The smallest absolute Gasteiger partial charge is 0.266 e. The number of benzene rings is 2. The van der Waals surface area contributed by atoms with Gasteiger partial charge in [0.05, 0.1) is 23.4 Å². The molecule has 0 saturated heterocycles. The Bertz CT molecular complexity index is 918. The van der Waals surface area contributed by atoms with E-state index in [1.54, 1.807) is 36.4 Å². The number of hydrogen-bond acceptors (Lipinski definition) is 4. The molecule has 0 bridgehead atoms. The van der Waals surface area contributed by atoms with Crippen molar-refractivity contribution < 1.29 is 19.1 Å². The summed E-state index contributed by atoms with van der Waals surface area (Å²) in [5, 5.41) is 2.89. The Labute approximate surface area is 150 Å². The Kier molecular flexibility index (Phi) is 3.95. The Morgan fingerprint density at radius 2 is 1.85 bits per heavy atom. The molecule has 1 aliphatic carbocycles. The van der Waals surface area contributed by atoms with E-state index in [1.165, 1.54) is 6.07 Å². The highest BCUT2D eigenvalue weighted by Gasteiger charge is 2.38. The van der Waals surface area contributed by atoms with Gasteiger partial charge in [-0.15, -0.1) is 0 Å². The molecule has 0 atom stereocenters. The van der Waals surface area contributed by atoms with Crippen LogP contribution in [-0.2, 0) is 0 Å². The Morgan fingerprint density at radius 1 is 1.12 bits per heavy atom. The molecule has 1 fully saturated rings. The summed E-state index contributed by atoms with van der Waals surface area (Å²) in [5.74, 6) is -0.607. The molecule has 1 heterocycles. The average molecular weight is 350 g/mol. The fraction of sp³-hybridized carbons (Fsp3) is 0.250. The predicted molar refractivity (Wildman–Crippen MR) is 95.7 cm³/mol. The van der Waals surface area contributed by atoms with Gasteiger partial charge in [0, 0.05) is 11.6 Å². The van der Waals surface area contributed by atoms with E-state index < -0.39 is 11.8 Å². The first-order chi connectivity index (χ1) is 12.6. The van der Waals surface area contributed by atoms with E-state index in [9.17, 15) is 14.4 Å². The second-order valence-corrected chi connectivity index (χ2v) is 6.35. The van der Waals surface area contributed by atoms with Gasteiger partial charge in [-0.05, 0) is 50.1 Å². The minimum absolute atomic E-state index is 0.219. The molecule has 0 aromatic heterocycles. The van der Waals surface area contributed by atoms with Crippen LogP contribution in [-0.4, -0.2) is 30.4 Å². The quantitative estimate of drug-likeness (QED) is 0.842. The first kappa shape index (κ1) is 16.3. The van der Waals surface area contributed by atoms with Gasteiger partial charge in [-0.25, -0.2) is 4.90 Å². The summed E-state index contributed by atoms with van der Waals surface area (Å²) in [5.41, 5.74) is 1.33. The highest BCUT2D eigenvalue weighted by Crippen LogP contribution is 2.35. The van der Waals surface area contributed by atoms with Gasteiger partial charge in [-0.3, -0.25) is 14.4 Å². The van der Waals surface area contributed by atoms with E-state index in [2.05, 4.69) is 5.32 Å². The normalized spacial score (nSPS) is 15.8. The molecule has 2 aromatic carbocycles. The molecule has 2 aliphatic rings. The number of anilines is 1. The molecule has 0 radical (unpaired) electrons. The zero-order valence-electron chi connectivity index (χ0n) is 14.3. The van der Waals surface area contributed by atoms with E-state index in [4.69, 9.17) is 4.74 Å². The number of amides is 3. The van der Waals surface area contributed by atoms with Gasteiger partial charge >= 0.3 is 0 Å². The molecule has 132 valence electrons. The lowest BCUT2D eigenvalue weighted by atomic mass is 10.1. The zero-order chi connectivity index (χ0) is 18.3. The summed E-state index contributed by atoms with van der Waals surface area (Å²) in [6.45, 7) is 2.26. The number of rotatable bonds is 5. The van der Waals surface area contributed by atoms with Crippen LogP contribution in [0, 0.1) is 0 Å². The van der Waals surface area contributed by atoms with E-state index >= 15 is 0 Å². The van der Waals surface area contributed by atoms with Crippen LogP contribution >= 0.6 is 0 Å². The van der Waals surface area contributed by atoms with Crippen molar-refractivity contribution in [1.29, 1.82) is 0 Å². The first-order valence-corrected chi connectivity index (χ1v) is 8.65. The topological polar surface area (TPSA) is 75.7 Å². The van der Waals surface area contributed by atoms with Gasteiger partial charge in [0.1, 0.15) is 5.75 Å². The number of imide groups is 1. The van der Waals surface area contributed by atoms with Gasteiger partial charge in [0.15, 0.2) is 0 Å². The Balaban J connectivity index is 1.69. The van der Waals surface area contributed by atoms with Crippen molar-refractivity contribution in [2.75, 3.05) is 11.5 Å². The van der Waals surface area contributed by atoms with E-state index in [0.29, 0.717) is 29.2 Å². The van der Waals surface area contributed by atoms with Crippen molar-refractivity contribution >= 4 is 23.4 Å². The van der Waals surface area contributed by atoms with Crippen LogP contribution in [0.25, 0.3) is 0 Å². The molecule has 1 saturated carbocycles. The van der Waals surface area contributed by atoms with Crippen molar-refractivity contribution in [3.63, 3.8) is 0 Å². The van der Waals surface area contributed by atoms with Crippen molar-refractivity contribution in [2.45, 2.75) is 25.8 Å². The summed E-state index contributed by atoms with van der Waals surface area (Å²) >= 11 is 0. The van der Waals surface area contributed by atoms with Crippen LogP contribution in [0.5, 0.6) is 5.75 Å². The lowest BCUT2D eigenvalue weighted by molar-refractivity contribution is 0.0922. The number of para-hydroxylation sites is 2. The number of fused-ring (bicyclic) bond motifs is 1. The fourth-order valence-electron chi connectivity index (χ4n) is 3.02. The molecule has 4 rings (SSSR count). The second-order valence-electron chi connectivity index (χ2n) is 6.35. The monoisotopic (exact) mass is 350 g/mol. The molecule has 6 nitrogen and oxygen atoms in total. The minimum atomic E-state index is -0.446. The standard InChI is InChI=1S/C20H18N2O4/c1-2-26-17-6-4-3-5-16(17)22-19(24)14-10-7-12(11-15(14)20(22)25)18(23)21-13-8-9-13/h3-7,10-11,13H,2,8-9H2,1H3,(H,21,23). The van der Waals surface area contributed by atoms with Crippen LogP contribution in [0.1, 0.15) is 50.8 Å². The minimum Gasteiger partial charge on any atom is -0.492 e. The number of nitrogens with one attached hydrogen (secondary N) is 1. The number of carbonyl (C=O) groups is 3. The molecule has 6 heteroatoms. The first-order valence-electron chi connectivity index (χ1n) is 8.65. The third kappa shape index (κ3) is 2.73. The SMILES string of the molecule is CCOc1ccccc1N1C(=O)c2ccc(C(=O)NC3CC3)cc2C1=O. The summed E-state index contributed by atoms with van der Waals surface area (Å²) in [6.07, 6.45) is 1.96. The summed E-state index contributed by atoms with van der Waals surface area (Å²) < 4.78 is 5.55. The van der Waals surface area contributed by atoms with Gasteiger partial charge in [0.2, 0.25) is 0 Å². The molecule has 0 spiro atoms. The lowest BCUT2D eigenvalue weighted by Gasteiger charge is -2.17. The van der Waals surface area contributed by atoms with E-state index in [-0.39, 0.29) is 17.5 Å². The maximum Gasteiger partial charge on any atom is 0.266 e. The third-order valence-corrected chi connectivity index (χ3v) is 4.47. The maximum atomic E-state index is 12.9. The fourth-order valence-corrected chi connectivity index (χ4v) is 3.02. The van der Waals surface area contributed by atoms with Gasteiger partial charge in [-0.1, -0.05) is 12.1 Å². The summed E-state index contributed by atoms with van der Waals surface area (Å²) in [4.78, 5) is 39.0. The molecular formula is C20H18N2O4. The van der Waals surface area contributed by atoms with Crippen LogP contribution < -0.4 is 15.0 Å². The molecular weight excluding hydrogens is 332 g/mol. The summed E-state index contributed by atoms with van der Waals surface area (Å²) in [6, 6.07) is 11.8. The third-order valence-electron chi connectivity index (χ3n) is 4.47. The number of hydrogen-bond donors (Lipinski definition) is 1. The molecule has 26 heavy (non-hydrogen) atoms. The molecule has 3 amide bonds.